The number of carbonyl (C=O) groups excluding carboxylic acids is 2. The zero-order valence-corrected chi connectivity index (χ0v) is 10.5. The number of ether oxygens (including phenoxy) is 3. The third-order valence-electron chi connectivity index (χ3n) is 2.16. The van der Waals surface area contributed by atoms with Gasteiger partial charge in [0.15, 0.2) is 0 Å². The molecule has 16 heavy (non-hydrogen) atoms. The fourth-order valence-corrected chi connectivity index (χ4v) is 1.39. The van der Waals surface area contributed by atoms with Gasteiger partial charge in [0.25, 0.3) is 0 Å². The van der Waals surface area contributed by atoms with E-state index in [4.69, 9.17) is 14.2 Å². The summed E-state index contributed by atoms with van der Waals surface area (Å²) in [7, 11) is 1.53. The topological polar surface area (TPSA) is 61.8 Å². The van der Waals surface area contributed by atoms with Gasteiger partial charge in [-0.3, -0.25) is 9.59 Å². The van der Waals surface area contributed by atoms with Crippen molar-refractivity contribution < 1.29 is 23.8 Å². The van der Waals surface area contributed by atoms with Gasteiger partial charge in [0.05, 0.1) is 0 Å². The van der Waals surface area contributed by atoms with Gasteiger partial charge in [0.2, 0.25) is 0 Å². The van der Waals surface area contributed by atoms with Crippen molar-refractivity contribution in [2.24, 2.45) is 0 Å². The molecule has 0 heterocycles. The number of hydrogen-bond acceptors (Lipinski definition) is 5. The smallest absolute Gasteiger partial charge is 0.302 e. The van der Waals surface area contributed by atoms with E-state index < -0.39 is 5.60 Å². The third-order valence-corrected chi connectivity index (χ3v) is 2.16. The zero-order valence-electron chi connectivity index (χ0n) is 10.5. The van der Waals surface area contributed by atoms with Crippen molar-refractivity contribution in [2.75, 3.05) is 13.7 Å². The van der Waals surface area contributed by atoms with Gasteiger partial charge in [-0.25, -0.2) is 0 Å². The summed E-state index contributed by atoms with van der Waals surface area (Å²) in [6.07, 6.45) is 0.189. The Kier molecular flexibility index (Phi) is 6.03. The predicted molar refractivity (Wildman–Crippen MR) is 57.9 cm³/mol. The van der Waals surface area contributed by atoms with Crippen LogP contribution >= 0.6 is 0 Å². The minimum absolute atomic E-state index is 0.143. The molecule has 0 spiro atoms. The average molecular weight is 232 g/mol. The molecule has 0 saturated heterocycles. The van der Waals surface area contributed by atoms with Crippen molar-refractivity contribution in [3.8, 4) is 0 Å². The van der Waals surface area contributed by atoms with Gasteiger partial charge in [0.1, 0.15) is 18.3 Å². The molecule has 94 valence electrons. The molecule has 0 aromatic carbocycles. The lowest BCUT2D eigenvalue weighted by Gasteiger charge is -2.29. The quantitative estimate of drug-likeness (QED) is 0.646. The monoisotopic (exact) mass is 232 g/mol. The Morgan fingerprint density at radius 1 is 1.25 bits per heavy atom. The van der Waals surface area contributed by atoms with Crippen molar-refractivity contribution in [1.82, 2.24) is 0 Å². The normalized spacial score (nSPS) is 16.1. The van der Waals surface area contributed by atoms with E-state index >= 15 is 0 Å². The largest absolute Gasteiger partial charge is 0.463 e. The number of carbonyl (C=O) groups is 2. The maximum Gasteiger partial charge on any atom is 0.302 e. The van der Waals surface area contributed by atoms with E-state index in [9.17, 15) is 9.59 Å². The Hall–Kier alpha value is -1.10. The van der Waals surface area contributed by atoms with Crippen LogP contribution < -0.4 is 0 Å². The molecule has 5 nitrogen and oxygen atoms in total. The van der Waals surface area contributed by atoms with E-state index in [1.54, 1.807) is 13.8 Å². The fraction of sp³-hybridized carbons (Fsp3) is 0.818. The highest BCUT2D eigenvalue weighted by Gasteiger charge is 2.29. The van der Waals surface area contributed by atoms with Crippen LogP contribution in [0.25, 0.3) is 0 Å². The molecular weight excluding hydrogens is 212 g/mol. The molecule has 0 fully saturated rings. The molecule has 0 aliphatic carbocycles. The van der Waals surface area contributed by atoms with Crippen molar-refractivity contribution in [2.45, 2.75) is 45.8 Å². The van der Waals surface area contributed by atoms with Gasteiger partial charge in [-0.05, 0) is 13.8 Å². The SMILES string of the molecule is COC(C)(COC(C)=O)CC(C)OC(C)=O. The molecule has 0 bridgehead atoms. The van der Waals surface area contributed by atoms with Gasteiger partial charge >= 0.3 is 11.9 Å². The molecule has 0 aliphatic rings. The number of rotatable bonds is 6. The molecule has 0 saturated carbocycles. The van der Waals surface area contributed by atoms with E-state index in [1.165, 1.54) is 21.0 Å². The van der Waals surface area contributed by atoms with Crippen LogP contribution in [0.2, 0.25) is 0 Å². The maximum atomic E-state index is 10.7. The lowest BCUT2D eigenvalue weighted by atomic mass is 10.00. The number of methoxy groups -OCH3 is 1. The number of hydrogen-bond donors (Lipinski definition) is 0. The Labute approximate surface area is 96.1 Å². The molecule has 0 aromatic rings. The lowest BCUT2D eigenvalue weighted by Crippen LogP contribution is -2.38. The van der Waals surface area contributed by atoms with E-state index in [1.807, 2.05) is 0 Å². The Morgan fingerprint density at radius 2 is 1.81 bits per heavy atom. The van der Waals surface area contributed by atoms with Gasteiger partial charge in [-0.1, -0.05) is 0 Å². The summed E-state index contributed by atoms with van der Waals surface area (Å²) in [4.78, 5) is 21.5. The second-order valence-corrected chi connectivity index (χ2v) is 4.06. The highest BCUT2D eigenvalue weighted by atomic mass is 16.6. The van der Waals surface area contributed by atoms with Crippen LogP contribution in [0.15, 0.2) is 0 Å². The van der Waals surface area contributed by atoms with Crippen LogP contribution in [-0.4, -0.2) is 37.4 Å². The minimum atomic E-state index is -0.638. The first-order valence-corrected chi connectivity index (χ1v) is 5.15. The molecule has 0 amide bonds. The van der Waals surface area contributed by atoms with Crippen molar-refractivity contribution in [3.05, 3.63) is 0 Å². The predicted octanol–water partition coefficient (Wildman–Crippen LogP) is 1.30. The Balaban J connectivity index is 4.23. The molecule has 0 aliphatic heterocycles. The first-order chi connectivity index (χ1) is 7.29. The van der Waals surface area contributed by atoms with Crippen LogP contribution in [0, 0.1) is 0 Å². The lowest BCUT2D eigenvalue weighted by molar-refractivity contribution is -0.158. The van der Waals surface area contributed by atoms with Gasteiger partial charge in [0, 0.05) is 27.4 Å². The first kappa shape index (κ1) is 14.9. The molecule has 2 atom stereocenters. The van der Waals surface area contributed by atoms with Crippen LogP contribution in [-0.2, 0) is 23.8 Å². The van der Waals surface area contributed by atoms with Crippen molar-refractivity contribution >= 4 is 11.9 Å². The third kappa shape index (κ3) is 6.40. The van der Waals surface area contributed by atoms with Crippen LogP contribution in [0.4, 0.5) is 0 Å². The van der Waals surface area contributed by atoms with Gasteiger partial charge < -0.3 is 14.2 Å². The highest BCUT2D eigenvalue weighted by Crippen LogP contribution is 2.19. The summed E-state index contributed by atoms with van der Waals surface area (Å²) in [6.45, 7) is 6.41. The second-order valence-electron chi connectivity index (χ2n) is 4.06. The highest BCUT2D eigenvalue weighted by molar-refractivity contribution is 5.66. The molecule has 2 unspecified atom stereocenters. The van der Waals surface area contributed by atoms with Gasteiger partial charge in [-0.15, -0.1) is 0 Å². The Bertz CT molecular complexity index is 251. The molecular formula is C11H20O5. The summed E-state index contributed by atoms with van der Waals surface area (Å²) >= 11 is 0. The molecule has 0 N–H and O–H groups in total. The van der Waals surface area contributed by atoms with E-state index in [0.717, 1.165) is 0 Å². The van der Waals surface area contributed by atoms with Crippen molar-refractivity contribution in [3.63, 3.8) is 0 Å². The standard InChI is InChI=1S/C11H20O5/c1-8(16-10(3)13)6-11(4,14-5)7-15-9(2)12/h8H,6-7H2,1-5H3. The van der Waals surface area contributed by atoms with Crippen LogP contribution in [0.1, 0.15) is 34.1 Å². The molecule has 0 radical (unpaired) electrons. The van der Waals surface area contributed by atoms with E-state index in [2.05, 4.69) is 0 Å². The number of esters is 2. The average Bonchev–Trinajstić information content (AvgIpc) is 2.13. The minimum Gasteiger partial charge on any atom is -0.463 e. The fourth-order valence-electron chi connectivity index (χ4n) is 1.39. The van der Waals surface area contributed by atoms with E-state index in [0.29, 0.717) is 6.42 Å². The molecule has 5 heteroatoms. The van der Waals surface area contributed by atoms with Crippen LogP contribution in [0.3, 0.4) is 0 Å². The summed E-state index contributed by atoms with van der Waals surface area (Å²) < 4.78 is 15.2. The first-order valence-electron chi connectivity index (χ1n) is 5.15. The second kappa shape index (κ2) is 6.48. The van der Waals surface area contributed by atoms with Crippen molar-refractivity contribution in [1.29, 1.82) is 0 Å². The summed E-state index contributed by atoms with van der Waals surface area (Å²) in [5, 5.41) is 0. The summed E-state index contributed by atoms with van der Waals surface area (Å²) in [5.74, 6) is -0.693. The summed E-state index contributed by atoms with van der Waals surface area (Å²) in [6, 6.07) is 0. The van der Waals surface area contributed by atoms with Gasteiger partial charge in [-0.2, -0.15) is 0 Å². The summed E-state index contributed by atoms with van der Waals surface area (Å²) in [5.41, 5.74) is -0.638. The molecule has 0 aromatic heterocycles. The van der Waals surface area contributed by atoms with Crippen LogP contribution in [0.5, 0.6) is 0 Å². The Morgan fingerprint density at radius 3 is 2.19 bits per heavy atom. The maximum absolute atomic E-state index is 10.7. The molecule has 0 rings (SSSR count). The zero-order chi connectivity index (χ0) is 12.8. The van der Waals surface area contributed by atoms with E-state index in [-0.39, 0.29) is 24.6 Å².